The molecular weight excluding hydrogens is 368 g/mol. The van der Waals surface area contributed by atoms with Crippen molar-refractivity contribution in [1.29, 1.82) is 0 Å². The number of aromatic nitrogens is 3. The van der Waals surface area contributed by atoms with Gasteiger partial charge in [0.2, 0.25) is 7.41 Å². The molecule has 3 aromatic heterocycles. The van der Waals surface area contributed by atoms with E-state index in [1.165, 1.54) is 21.8 Å². The fourth-order valence-corrected chi connectivity index (χ4v) is 4.72. The standard InChI is InChI=1S/C24H19B2N3O/c1-26-29-21-5-3-2-4-16(21)18-9-11-23(27-24(18)29)28-20-10-6-14(25)12-19(20)17-8-7-15(30)13-22(17)28/h2-13,26,30H,25H2,1H3. The highest BCUT2D eigenvalue weighted by atomic mass is 16.3. The van der Waals surface area contributed by atoms with Gasteiger partial charge in [0.1, 0.15) is 25.1 Å². The van der Waals surface area contributed by atoms with Crippen molar-refractivity contribution in [2.24, 2.45) is 0 Å². The number of pyridine rings is 1. The van der Waals surface area contributed by atoms with Crippen molar-refractivity contribution in [3.8, 4) is 11.6 Å². The summed E-state index contributed by atoms with van der Waals surface area (Å²) in [5.41, 5.74) is 5.45. The zero-order chi connectivity index (χ0) is 20.4. The second kappa shape index (κ2) is 6.17. The van der Waals surface area contributed by atoms with Gasteiger partial charge in [-0.15, -0.1) is 0 Å². The molecule has 0 spiro atoms. The lowest BCUT2D eigenvalue weighted by Gasteiger charge is -2.09. The number of phenols is 1. The molecule has 0 amide bonds. The third-order valence-electron chi connectivity index (χ3n) is 6.05. The maximum atomic E-state index is 10.2. The maximum absolute atomic E-state index is 10.2. The number of phenolic OH excluding ortho intramolecular Hbond substituents is 1. The van der Waals surface area contributed by atoms with Crippen molar-refractivity contribution in [2.45, 2.75) is 6.82 Å². The molecule has 0 bridgehead atoms. The van der Waals surface area contributed by atoms with Crippen LogP contribution in [0.3, 0.4) is 0 Å². The average Bonchev–Trinajstić information content (AvgIpc) is 3.24. The maximum Gasteiger partial charge on any atom is 0.241 e. The molecule has 0 atom stereocenters. The Morgan fingerprint density at radius 3 is 2.47 bits per heavy atom. The summed E-state index contributed by atoms with van der Waals surface area (Å²) >= 11 is 0. The number of para-hydroxylation sites is 1. The first-order chi connectivity index (χ1) is 14.7. The molecule has 6 rings (SSSR count). The van der Waals surface area contributed by atoms with Gasteiger partial charge in [0.15, 0.2) is 0 Å². The van der Waals surface area contributed by atoms with Gasteiger partial charge >= 0.3 is 0 Å². The van der Waals surface area contributed by atoms with Crippen molar-refractivity contribution < 1.29 is 5.11 Å². The van der Waals surface area contributed by atoms with Gasteiger partial charge in [-0.25, -0.2) is 4.98 Å². The summed E-state index contributed by atoms with van der Waals surface area (Å²) in [5.74, 6) is 1.11. The molecule has 0 saturated carbocycles. The van der Waals surface area contributed by atoms with Gasteiger partial charge in [-0.2, -0.15) is 0 Å². The van der Waals surface area contributed by atoms with E-state index >= 15 is 0 Å². The molecular formula is C24H19B2N3O. The Morgan fingerprint density at radius 1 is 0.800 bits per heavy atom. The number of hydrogen-bond acceptors (Lipinski definition) is 2. The molecule has 30 heavy (non-hydrogen) atoms. The normalized spacial score (nSPS) is 11.8. The van der Waals surface area contributed by atoms with E-state index in [4.69, 9.17) is 4.98 Å². The van der Waals surface area contributed by atoms with Gasteiger partial charge in [0.25, 0.3) is 0 Å². The summed E-state index contributed by atoms with van der Waals surface area (Å²) in [6.45, 7) is 2.15. The van der Waals surface area contributed by atoms with Crippen molar-refractivity contribution in [2.75, 3.05) is 0 Å². The minimum Gasteiger partial charge on any atom is -0.508 e. The summed E-state index contributed by atoms with van der Waals surface area (Å²) in [7, 11) is 2.96. The van der Waals surface area contributed by atoms with Gasteiger partial charge in [-0.05, 0) is 36.4 Å². The molecule has 6 heteroatoms. The molecule has 0 aliphatic carbocycles. The molecule has 0 unspecified atom stereocenters. The highest BCUT2D eigenvalue weighted by molar-refractivity contribution is 6.37. The second-order valence-electron chi connectivity index (χ2n) is 7.86. The van der Waals surface area contributed by atoms with E-state index in [1.807, 2.05) is 12.1 Å². The molecule has 3 heterocycles. The summed E-state index contributed by atoms with van der Waals surface area (Å²) < 4.78 is 4.42. The Morgan fingerprint density at radius 2 is 1.60 bits per heavy atom. The van der Waals surface area contributed by atoms with Crippen LogP contribution in [0.5, 0.6) is 5.75 Å². The van der Waals surface area contributed by atoms with Gasteiger partial charge in [0.05, 0.1) is 11.0 Å². The lowest BCUT2D eigenvalue weighted by atomic mass is 9.94. The first-order valence-corrected chi connectivity index (χ1v) is 10.3. The highest BCUT2D eigenvalue weighted by Gasteiger charge is 2.16. The Bertz CT molecular complexity index is 1610. The van der Waals surface area contributed by atoms with E-state index < -0.39 is 0 Å². The molecule has 6 aromatic rings. The zero-order valence-corrected chi connectivity index (χ0v) is 16.9. The van der Waals surface area contributed by atoms with Crippen LogP contribution in [0.2, 0.25) is 6.82 Å². The monoisotopic (exact) mass is 387 g/mol. The molecule has 3 aromatic carbocycles. The molecule has 0 radical (unpaired) electrons. The number of hydrogen-bond donors (Lipinski definition) is 1. The molecule has 0 aliphatic heterocycles. The zero-order valence-electron chi connectivity index (χ0n) is 16.9. The van der Waals surface area contributed by atoms with Crippen LogP contribution in [0.25, 0.3) is 49.6 Å². The fourth-order valence-electron chi connectivity index (χ4n) is 4.72. The van der Waals surface area contributed by atoms with Gasteiger partial charge in [0, 0.05) is 33.1 Å². The Balaban J connectivity index is 1.75. The number of benzene rings is 3. The molecule has 1 N–H and O–H groups in total. The third-order valence-corrected chi connectivity index (χ3v) is 6.05. The second-order valence-corrected chi connectivity index (χ2v) is 7.86. The van der Waals surface area contributed by atoms with Gasteiger partial charge < -0.3 is 9.58 Å². The van der Waals surface area contributed by atoms with Crippen molar-refractivity contribution in [3.63, 3.8) is 0 Å². The van der Waals surface area contributed by atoms with Crippen LogP contribution in [0.15, 0.2) is 72.8 Å². The summed E-state index contributed by atoms with van der Waals surface area (Å²) in [6.07, 6.45) is 0. The number of nitrogens with zero attached hydrogens (tertiary/aromatic N) is 3. The lowest BCUT2D eigenvalue weighted by Crippen LogP contribution is -2.04. The van der Waals surface area contributed by atoms with E-state index in [-0.39, 0.29) is 5.75 Å². The molecule has 0 saturated heterocycles. The van der Waals surface area contributed by atoms with E-state index in [1.54, 1.807) is 6.07 Å². The van der Waals surface area contributed by atoms with Crippen LogP contribution in [0.1, 0.15) is 0 Å². The van der Waals surface area contributed by atoms with Crippen LogP contribution in [-0.4, -0.2) is 34.4 Å². The lowest BCUT2D eigenvalue weighted by molar-refractivity contribution is 0.476. The number of rotatable bonds is 2. The SMILES string of the molecule is Bc1ccc2c(c1)c1ccc(O)cc1n2-c1ccc2c3ccccc3n(BC)c2n1. The van der Waals surface area contributed by atoms with Crippen LogP contribution in [-0.2, 0) is 0 Å². The minimum absolute atomic E-state index is 0.257. The van der Waals surface area contributed by atoms with Crippen LogP contribution < -0.4 is 5.46 Å². The summed E-state index contributed by atoms with van der Waals surface area (Å²) in [4.78, 5) is 5.12. The predicted molar refractivity (Wildman–Crippen MR) is 130 cm³/mol. The molecule has 0 aliphatic rings. The fraction of sp³-hybridized carbons (Fsp3) is 0.0417. The van der Waals surface area contributed by atoms with E-state index in [0.717, 1.165) is 40.7 Å². The van der Waals surface area contributed by atoms with Crippen molar-refractivity contribution in [1.82, 2.24) is 14.0 Å². The minimum atomic E-state index is 0.257. The van der Waals surface area contributed by atoms with Crippen molar-refractivity contribution >= 4 is 64.5 Å². The number of aromatic hydroxyl groups is 1. The van der Waals surface area contributed by atoms with E-state index in [9.17, 15) is 5.11 Å². The smallest absolute Gasteiger partial charge is 0.241 e. The van der Waals surface area contributed by atoms with Gasteiger partial charge in [-0.1, -0.05) is 42.6 Å². The average molecular weight is 387 g/mol. The topological polar surface area (TPSA) is 43.0 Å². The molecule has 4 nitrogen and oxygen atoms in total. The Hall–Kier alpha value is -3.66. The van der Waals surface area contributed by atoms with E-state index in [2.05, 4.69) is 78.3 Å². The Kier molecular flexibility index (Phi) is 3.54. The molecule has 0 fully saturated rings. The van der Waals surface area contributed by atoms with Crippen LogP contribution >= 0.6 is 0 Å². The summed E-state index contributed by atoms with van der Waals surface area (Å²) in [6, 6.07) is 24.7. The first-order valence-electron chi connectivity index (χ1n) is 10.3. The largest absolute Gasteiger partial charge is 0.508 e. The van der Waals surface area contributed by atoms with Gasteiger partial charge in [-0.3, -0.25) is 4.57 Å². The quantitative estimate of drug-likeness (QED) is 0.463. The first kappa shape index (κ1) is 17.2. The molecule has 142 valence electrons. The summed E-state index contributed by atoms with van der Waals surface area (Å²) in [5, 5.41) is 14.9. The van der Waals surface area contributed by atoms with Crippen molar-refractivity contribution in [3.05, 3.63) is 72.8 Å². The Labute approximate surface area is 175 Å². The predicted octanol–water partition coefficient (Wildman–Crippen LogP) is 3.50. The van der Waals surface area contributed by atoms with Crippen LogP contribution in [0.4, 0.5) is 0 Å². The highest BCUT2D eigenvalue weighted by Crippen LogP contribution is 2.34. The van der Waals surface area contributed by atoms with Crippen LogP contribution in [0, 0.1) is 0 Å². The third kappa shape index (κ3) is 2.28. The number of fused-ring (bicyclic) bond motifs is 6. The van der Waals surface area contributed by atoms with E-state index in [0.29, 0.717) is 0 Å².